The van der Waals surface area contributed by atoms with Crippen LogP contribution >= 0.6 is 7.74 Å². The molecule has 5 nitrogen and oxygen atoms in total. The minimum atomic E-state index is -4.80. The largest absolute Gasteiger partial charge is 1.00 e. The molecule has 0 spiro atoms. The second kappa shape index (κ2) is 2.78. The Morgan fingerprint density at radius 3 is 1.25 bits per heavy atom. The van der Waals surface area contributed by atoms with Crippen molar-refractivity contribution in [3.8, 4) is 0 Å². The second-order valence-corrected chi connectivity index (χ2v) is 2.95. The molecular weight excluding hydrogens is 190 g/mol. The molecule has 0 aromatic heterocycles. The van der Waals surface area contributed by atoms with Crippen LogP contribution in [0.2, 0.25) is 0 Å². The van der Waals surface area contributed by atoms with E-state index in [-0.39, 0.29) is 48.1 Å². The zero-order chi connectivity index (χ0) is 4.86. The van der Waals surface area contributed by atoms with Crippen LogP contribution in [-0.4, -0.2) is 14.7 Å². The summed E-state index contributed by atoms with van der Waals surface area (Å²) in [5, 5.41) is 0. The van der Waals surface area contributed by atoms with E-state index in [2.05, 4.69) is 9.35 Å². The van der Waals surface area contributed by atoms with Crippen LogP contribution in [0, 0.1) is 0 Å². The quantitative estimate of drug-likeness (QED) is 0.159. The van der Waals surface area contributed by atoms with Crippen molar-refractivity contribution in [1.29, 1.82) is 0 Å². The predicted octanol–water partition coefficient (Wildman–Crippen LogP) is -3.83. The third-order valence-electron chi connectivity index (χ3n) is 0.275. The summed E-state index contributed by atoms with van der Waals surface area (Å²) in [4.78, 5) is 23.7. The molecule has 0 aromatic carbocycles. The van der Waals surface area contributed by atoms with Crippen molar-refractivity contribution < 1.29 is 72.1 Å². The number of hydrogen-bond donors (Lipinski definition) is 3. The molecule has 1 aliphatic rings. The Bertz CT molecular complexity index is 80.7. The smallest absolute Gasteiger partial charge is 1.00 e. The normalized spacial score (nSPS) is 32.1. The van der Waals surface area contributed by atoms with Crippen molar-refractivity contribution in [3.63, 3.8) is 0 Å². The first-order valence-electron chi connectivity index (χ1n) is 1.13. The molecule has 3 N–H and O–H groups in total. The molecule has 1 rings (SSSR count). The molecule has 0 radical (unpaired) electrons. The first-order valence-corrected chi connectivity index (χ1v) is 3.06. The summed E-state index contributed by atoms with van der Waals surface area (Å²) < 4.78 is 6.76. The van der Waals surface area contributed by atoms with Gasteiger partial charge in [0.15, 0.2) is 0 Å². The van der Waals surface area contributed by atoms with Crippen molar-refractivity contribution in [3.05, 3.63) is 0 Å². The molecule has 1 fully saturated rings. The molecule has 8 heteroatoms. The van der Waals surface area contributed by atoms with Crippen molar-refractivity contribution in [2.45, 2.75) is 0 Å². The number of rotatable bonds is 0. The van der Waals surface area contributed by atoms with Crippen LogP contribution in [0.4, 0.5) is 0 Å². The minimum absolute atomic E-state index is 0. The average Bonchev–Trinajstić information content (AvgIpc) is 1.73. The van der Waals surface area contributed by atoms with Crippen molar-refractivity contribution in [1.82, 2.24) is 0 Å². The van der Waals surface area contributed by atoms with Gasteiger partial charge in [-0.3, -0.25) is 0 Å². The predicted molar refractivity (Wildman–Crippen MR) is 16.9 cm³/mol. The van der Waals surface area contributed by atoms with Gasteiger partial charge >= 0.3 is 61.3 Å². The van der Waals surface area contributed by atoms with Crippen LogP contribution in [0.15, 0.2) is 0 Å². The Morgan fingerprint density at radius 1 is 1.12 bits per heavy atom. The van der Waals surface area contributed by atoms with E-state index in [0.717, 1.165) is 0 Å². The summed E-state index contributed by atoms with van der Waals surface area (Å²) in [6, 6.07) is 0. The Kier molecular flexibility index (Phi) is 4.32. The van der Waals surface area contributed by atoms with Crippen molar-refractivity contribution in [2.75, 3.05) is 0 Å². The summed E-state index contributed by atoms with van der Waals surface area (Å²) in [6.45, 7) is 0. The first kappa shape index (κ1) is 12.4. The van der Waals surface area contributed by atoms with Gasteiger partial charge in [0.2, 0.25) is 0 Å². The zero-order valence-corrected chi connectivity index (χ0v) is 7.96. The summed E-state index contributed by atoms with van der Waals surface area (Å²) in [5.74, 6) is 0. The molecular formula is H4FeNaO5P. The van der Waals surface area contributed by atoms with E-state index in [1.165, 1.54) is 0 Å². The van der Waals surface area contributed by atoms with E-state index in [9.17, 15) is 0 Å². The fourth-order valence-electron chi connectivity index (χ4n) is 0.0447. The van der Waals surface area contributed by atoms with Gasteiger partial charge in [0, 0.05) is 17.1 Å². The minimum Gasteiger partial charge on any atom is -1.00 e. The van der Waals surface area contributed by atoms with Crippen LogP contribution in [0.25, 0.3) is 0 Å². The van der Waals surface area contributed by atoms with E-state index >= 15 is 0 Å². The van der Waals surface area contributed by atoms with E-state index in [1.807, 2.05) is 0 Å². The van der Waals surface area contributed by atoms with Crippen LogP contribution < -0.4 is 29.6 Å². The molecule has 0 atom stereocenters. The Labute approximate surface area is 79.5 Å². The molecule has 1 saturated heterocycles. The summed E-state index contributed by atoms with van der Waals surface area (Å²) >= 11 is 0. The van der Waals surface area contributed by atoms with Crippen LogP contribution in [-0.2, 0) is 26.4 Å². The van der Waals surface area contributed by atoms with E-state index in [0.29, 0.717) is 0 Å². The molecule has 0 aliphatic carbocycles. The molecule has 0 amide bonds. The van der Waals surface area contributed by atoms with E-state index < -0.39 is 7.74 Å². The maximum Gasteiger partial charge on any atom is 1.00 e. The third kappa shape index (κ3) is 4.61. The van der Waals surface area contributed by atoms with Gasteiger partial charge in [0.05, 0.1) is 0 Å². The third-order valence-corrected chi connectivity index (χ3v) is 0.824. The van der Waals surface area contributed by atoms with Gasteiger partial charge in [0.25, 0.3) is 0 Å². The molecule has 0 bridgehead atoms. The van der Waals surface area contributed by atoms with Gasteiger partial charge in [-0.2, -0.15) is 0 Å². The maximum atomic E-state index is 7.89. The number of hydrogen-bond acceptors (Lipinski definition) is 5. The van der Waals surface area contributed by atoms with Gasteiger partial charge in [0.1, 0.15) is 0 Å². The van der Waals surface area contributed by atoms with Crippen molar-refractivity contribution in [2.24, 2.45) is 0 Å². The van der Waals surface area contributed by atoms with Gasteiger partial charge < -0.3 is 1.43 Å². The van der Waals surface area contributed by atoms with Gasteiger partial charge in [-0.1, -0.05) is 0 Å². The van der Waals surface area contributed by atoms with Crippen molar-refractivity contribution >= 4 is 7.74 Å². The van der Waals surface area contributed by atoms with E-state index in [1.54, 1.807) is 0 Å². The zero-order valence-electron chi connectivity index (χ0n) is 4.96. The first-order chi connectivity index (χ1) is 2.47. The monoisotopic (exact) mass is 194 g/mol. The Morgan fingerprint density at radius 2 is 1.25 bits per heavy atom. The summed E-state index contributed by atoms with van der Waals surface area (Å²) in [6.07, 6.45) is 0. The van der Waals surface area contributed by atoms with Gasteiger partial charge in [-0.15, -0.1) is 0 Å². The van der Waals surface area contributed by atoms with Crippen LogP contribution in [0.5, 0.6) is 0 Å². The molecule has 0 aromatic rings. The molecule has 0 unspecified atom stereocenters. The van der Waals surface area contributed by atoms with Gasteiger partial charge in [-0.25, -0.2) is 0 Å². The summed E-state index contributed by atoms with van der Waals surface area (Å²) in [5.41, 5.74) is 0. The van der Waals surface area contributed by atoms with Crippen LogP contribution in [0.1, 0.15) is 1.43 Å². The fraction of sp³-hybridized carbons (Fsp3) is 0. The SMILES string of the molecule is OP1(O)(O)OO1.[Fe].[H-].[Na+]. The van der Waals surface area contributed by atoms with Gasteiger partial charge in [-0.05, 0) is 0 Å². The topological polar surface area (TPSA) is 85.8 Å². The standard InChI is InChI=1S/Fe.Na.H3O5P.H/c;;1-6(2,3)4-5-6;/h;;1-3H;/q;+1;;-1. The molecule has 0 saturated carbocycles. The summed E-state index contributed by atoms with van der Waals surface area (Å²) in [7, 11) is -4.80. The molecule has 1 aliphatic heterocycles. The van der Waals surface area contributed by atoms with E-state index in [4.69, 9.17) is 14.7 Å². The van der Waals surface area contributed by atoms with Crippen LogP contribution in [0.3, 0.4) is 0 Å². The fourth-order valence-corrected chi connectivity index (χ4v) is 0.402. The molecule has 8 heavy (non-hydrogen) atoms. The second-order valence-electron chi connectivity index (χ2n) is 0.982. The molecule has 1 heterocycles. The Hall–Kier alpha value is 1.75. The molecule has 48 valence electrons. The maximum absolute atomic E-state index is 7.89. The Balaban J connectivity index is -0.000000120. The average molecular weight is 194 g/mol.